The first-order valence-corrected chi connectivity index (χ1v) is 8.30. The summed E-state index contributed by atoms with van der Waals surface area (Å²) in [6, 6.07) is 2.85. The van der Waals surface area contributed by atoms with E-state index in [1.165, 1.54) is 51.0 Å². The monoisotopic (exact) mass is 278 g/mol. The standard InChI is InChI=1S/C16H30N4/c1-3-11-19(13-15-7-5-6-9-17-15)14-16-8-10-18-20(16)12-4-2/h8,10,15,17H,3-7,9,11-14H2,1-2H3. The van der Waals surface area contributed by atoms with Crippen LogP contribution in [0.3, 0.4) is 0 Å². The van der Waals surface area contributed by atoms with E-state index >= 15 is 0 Å². The van der Waals surface area contributed by atoms with Crippen molar-refractivity contribution in [2.75, 3.05) is 19.6 Å². The van der Waals surface area contributed by atoms with Crippen LogP contribution in [0, 0.1) is 0 Å². The van der Waals surface area contributed by atoms with Gasteiger partial charge in [-0.1, -0.05) is 20.3 Å². The van der Waals surface area contributed by atoms with Gasteiger partial charge in [-0.2, -0.15) is 5.10 Å². The SMILES string of the molecule is CCCN(Cc1ccnn1CCC)CC1CCCCN1. The zero-order valence-corrected chi connectivity index (χ0v) is 13.1. The van der Waals surface area contributed by atoms with Crippen molar-refractivity contribution in [2.24, 2.45) is 0 Å². The molecule has 1 N–H and O–H groups in total. The molecule has 4 nitrogen and oxygen atoms in total. The lowest BCUT2D eigenvalue weighted by atomic mass is 10.0. The van der Waals surface area contributed by atoms with Crippen molar-refractivity contribution < 1.29 is 0 Å². The van der Waals surface area contributed by atoms with Gasteiger partial charge in [-0.3, -0.25) is 9.58 Å². The van der Waals surface area contributed by atoms with E-state index in [1.807, 2.05) is 6.20 Å². The maximum absolute atomic E-state index is 4.44. The summed E-state index contributed by atoms with van der Waals surface area (Å²) in [6.07, 6.45) is 8.35. The van der Waals surface area contributed by atoms with Crippen molar-refractivity contribution in [1.29, 1.82) is 0 Å². The van der Waals surface area contributed by atoms with Crippen molar-refractivity contribution >= 4 is 0 Å². The normalized spacial score (nSPS) is 19.6. The van der Waals surface area contributed by atoms with Crippen molar-refractivity contribution in [3.05, 3.63) is 18.0 Å². The molecule has 1 aliphatic rings. The minimum atomic E-state index is 0.679. The van der Waals surface area contributed by atoms with E-state index in [0.717, 1.165) is 19.5 Å². The fourth-order valence-corrected chi connectivity index (χ4v) is 3.08. The van der Waals surface area contributed by atoms with Crippen LogP contribution < -0.4 is 5.32 Å². The molecule has 0 spiro atoms. The highest BCUT2D eigenvalue weighted by atomic mass is 15.3. The maximum Gasteiger partial charge on any atom is 0.0524 e. The molecule has 20 heavy (non-hydrogen) atoms. The van der Waals surface area contributed by atoms with Gasteiger partial charge >= 0.3 is 0 Å². The Labute approximate surface area is 123 Å². The van der Waals surface area contributed by atoms with Gasteiger partial charge in [0.25, 0.3) is 0 Å². The second kappa shape index (κ2) is 8.42. The zero-order chi connectivity index (χ0) is 14.2. The van der Waals surface area contributed by atoms with Gasteiger partial charge < -0.3 is 5.32 Å². The Balaban J connectivity index is 1.91. The van der Waals surface area contributed by atoms with E-state index < -0.39 is 0 Å². The molecule has 1 aliphatic heterocycles. The average Bonchev–Trinajstić information content (AvgIpc) is 2.88. The summed E-state index contributed by atoms with van der Waals surface area (Å²) >= 11 is 0. The topological polar surface area (TPSA) is 33.1 Å². The molecule has 0 radical (unpaired) electrons. The number of nitrogens with one attached hydrogen (secondary N) is 1. The molecule has 114 valence electrons. The average molecular weight is 278 g/mol. The number of piperidine rings is 1. The molecule has 0 amide bonds. The molecular formula is C16H30N4. The molecule has 4 heteroatoms. The molecule has 1 atom stereocenters. The van der Waals surface area contributed by atoms with Crippen molar-refractivity contribution in [1.82, 2.24) is 20.0 Å². The van der Waals surface area contributed by atoms with Crippen LogP contribution in [0.2, 0.25) is 0 Å². The first-order chi connectivity index (χ1) is 9.83. The predicted molar refractivity (Wildman–Crippen MR) is 83.7 cm³/mol. The smallest absolute Gasteiger partial charge is 0.0524 e. The lowest BCUT2D eigenvalue weighted by Crippen LogP contribution is -2.43. The Hall–Kier alpha value is -0.870. The summed E-state index contributed by atoms with van der Waals surface area (Å²) in [7, 11) is 0. The Kier molecular flexibility index (Phi) is 6.54. The number of aromatic nitrogens is 2. The lowest BCUT2D eigenvalue weighted by molar-refractivity contribution is 0.212. The van der Waals surface area contributed by atoms with Gasteiger partial charge in [0.05, 0.1) is 5.69 Å². The van der Waals surface area contributed by atoms with E-state index in [0.29, 0.717) is 6.04 Å². The van der Waals surface area contributed by atoms with Crippen LogP contribution in [0.5, 0.6) is 0 Å². The Morgan fingerprint density at radius 3 is 2.95 bits per heavy atom. The Morgan fingerprint density at radius 1 is 1.35 bits per heavy atom. The van der Waals surface area contributed by atoms with E-state index in [4.69, 9.17) is 0 Å². The number of aryl methyl sites for hydroxylation is 1. The molecule has 1 saturated heterocycles. The van der Waals surface area contributed by atoms with Gasteiger partial charge in [0.1, 0.15) is 0 Å². The molecule has 1 aromatic rings. The summed E-state index contributed by atoms with van der Waals surface area (Å²) in [6.45, 7) is 10.1. The van der Waals surface area contributed by atoms with Crippen LogP contribution in [-0.4, -0.2) is 40.4 Å². The highest BCUT2D eigenvalue weighted by Gasteiger charge is 2.17. The molecule has 0 aromatic carbocycles. The van der Waals surface area contributed by atoms with Gasteiger partial charge in [-0.05, 0) is 44.8 Å². The number of rotatable bonds is 8. The Morgan fingerprint density at radius 2 is 2.25 bits per heavy atom. The minimum Gasteiger partial charge on any atom is -0.313 e. The fraction of sp³-hybridized carbons (Fsp3) is 0.812. The van der Waals surface area contributed by atoms with Gasteiger partial charge in [0.2, 0.25) is 0 Å². The zero-order valence-electron chi connectivity index (χ0n) is 13.1. The largest absolute Gasteiger partial charge is 0.313 e. The molecule has 0 aliphatic carbocycles. The van der Waals surface area contributed by atoms with Crippen molar-refractivity contribution in [3.63, 3.8) is 0 Å². The van der Waals surface area contributed by atoms with E-state index in [9.17, 15) is 0 Å². The van der Waals surface area contributed by atoms with Crippen molar-refractivity contribution in [3.8, 4) is 0 Å². The van der Waals surface area contributed by atoms with Gasteiger partial charge in [-0.25, -0.2) is 0 Å². The van der Waals surface area contributed by atoms with E-state index in [2.05, 4.69) is 39.9 Å². The van der Waals surface area contributed by atoms with Gasteiger partial charge in [0, 0.05) is 31.9 Å². The van der Waals surface area contributed by atoms with E-state index in [-0.39, 0.29) is 0 Å². The highest BCUT2D eigenvalue weighted by Crippen LogP contribution is 2.12. The van der Waals surface area contributed by atoms with E-state index in [1.54, 1.807) is 0 Å². The summed E-state index contributed by atoms with van der Waals surface area (Å²) in [5.41, 5.74) is 1.36. The Bertz CT molecular complexity index is 368. The van der Waals surface area contributed by atoms with Crippen LogP contribution in [0.15, 0.2) is 12.3 Å². The summed E-state index contributed by atoms with van der Waals surface area (Å²) in [4.78, 5) is 2.59. The van der Waals surface area contributed by atoms with Crippen LogP contribution in [-0.2, 0) is 13.1 Å². The third kappa shape index (κ3) is 4.60. The minimum absolute atomic E-state index is 0.679. The second-order valence-corrected chi connectivity index (χ2v) is 5.93. The highest BCUT2D eigenvalue weighted by molar-refractivity contribution is 5.00. The van der Waals surface area contributed by atoms with Gasteiger partial charge in [0.15, 0.2) is 0 Å². The van der Waals surface area contributed by atoms with Crippen LogP contribution in [0.1, 0.15) is 51.6 Å². The molecule has 1 aromatic heterocycles. The molecule has 1 fully saturated rings. The third-order valence-corrected chi connectivity index (χ3v) is 4.06. The summed E-state index contributed by atoms with van der Waals surface area (Å²) < 4.78 is 2.16. The molecule has 2 heterocycles. The molecule has 0 saturated carbocycles. The third-order valence-electron chi connectivity index (χ3n) is 4.06. The van der Waals surface area contributed by atoms with Crippen LogP contribution >= 0.6 is 0 Å². The lowest BCUT2D eigenvalue weighted by Gasteiger charge is -2.30. The number of hydrogen-bond acceptors (Lipinski definition) is 3. The first kappa shape index (κ1) is 15.5. The molecule has 1 unspecified atom stereocenters. The van der Waals surface area contributed by atoms with Crippen LogP contribution in [0.25, 0.3) is 0 Å². The predicted octanol–water partition coefficient (Wildman–Crippen LogP) is 2.65. The molecule has 0 bridgehead atoms. The second-order valence-electron chi connectivity index (χ2n) is 5.93. The fourth-order valence-electron chi connectivity index (χ4n) is 3.08. The molecular weight excluding hydrogens is 248 g/mol. The quantitative estimate of drug-likeness (QED) is 0.793. The molecule has 2 rings (SSSR count). The van der Waals surface area contributed by atoms with Gasteiger partial charge in [-0.15, -0.1) is 0 Å². The number of nitrogens with zero attached hydrogens (tertiary/aromatic N) is 3. The summed E-state index contributed by atoms with van der Waals surface area (Å²) in [5.74, 6) is 0. The number of hydrogen-bond donors (Lipinski definition) is 1. The first-order valence-electron chi connectivity index (χ1n) is 8.30. The summed E-state index contributed by atoms with van der Waals surface area (Å²) in [5, 5.41) is 8.10. The van der Waals surface area contributed by atoms with Crippen molar-refractivity contribution in [2.45, 2.75) is 65.1 Å². The van der Waals surface area contributed by atoms with Crippen LogP contribution in [0.4, 0.5) is 0 Å². The maximum atomic E-state index is 4.44.